The lowest BCUT2D eigenvalue weighted by Crippen LogP contribution is -2.15. The molecule has 0 amide bonds. The molecule has 0 aliphatic rings. The first-order chi connectivity index (χ1) is 6.69. The van der Waals surface area contributed by atoms with Crippen molar-refractivity contribution in [3.63, 3.8) is 0 Å². The van der Waals surface area contributed by atoms with E-state index in [1.165, 1.54) is 6.20 Å². The third-order valence-electron chi connectivity index (χ3n) is 1.92. The monoisotopic (exact) mass is 260 g/mol. The van der Waals surface area contributed by atoms with Gasteiger partial charge in [-0.15, -0.1) is 0 Å². The van der Waals surface area contributed by atoms with Gasteiger partial charge in [0.05, 0.1) is 0 Å². The number of ether oxygens (including phenoxy) is 1. The number of nitrogens with zero attached hydrogens (tertiary/aromatic N) is 1. The predicted octanol–water partition coefficient (Wildman–Crippen LogP) is 2.02. The average molecular weight is 261 g/mol. The molecule has 1 atom stereocenters. The highest BCUT2D eigenvalue weighted by Gasteiger charge is 2.12. The minimum absolute atomic E-state index is 0.124. The topological polar surface area (TPSA) is 55.0 Å². The molecule has 0 radical (unpaired) electrons. The molecule has 0 aliphatic heterocycles. The van der Waals surface area contributed by atoms with Gasteiger partial charge in [0.15, 0.2) is 0 Å². The van der Waals surface area contributed by atoms with Gasteiger partial charge in [0.2, 0.25) is 0 Å². The van der Waals surface area contributed by atoms with Crippen LogP contribution < -0.4 is 5.56 Å². The molecule has 1 N–H and O–H groups in total. The van der Waals surface area contributed by atoms with Crippen LogP contribution in [0.15, 0.2) is 15.5 Å². The van der Waals surface area contributed by atoms with E-state index in [9.17, 15) is 4.79 Å². The fourth-order valence-corrected chi connectivity index (χ4v) is 1.39. The number of H-pyrrole nitrogens is 1. The van der Waals surface area contributed by atoms with Crippen molar-refractivity contribution in [3.8, 4) is 0 Å². The van der Waals surface area contributed by atoms with E-state index in [1.807, 2.05) is 0 Å². The lowest BCUT2D eigenvalue weighted by atomic mass is 10.2. The van der Waals surface area contributed by atoms with Crippen molar-refractivity contribution in [2.45, 2.75) is 25.9 Å². The Morgan fingerprint density at radius 1 is 1.71 bits per heavy atom. The van der Waals surface area contributed by atoms with E-state index in [1.54, 1.807) is 7.11 Å². The highest BCUT2D eigenvalue weighted by atomic mass is 79.9. The second-order valence-electron chi connectivity index (χ2n) is 2.96. The van der Waals surface area contributed by atoms with Crippen LogP contribution in [-0.4, -0.2) is 17.1 Å². The minimum atomic E-state index is -0.173. The molecule has 1 heterocycles. The van der Waals surface area contributed by atoms with Crippen LogP contribution in [0.3, 0.4) is 0 Å². The average Bonchev–Trinajstić information content (AvgIpc) is 2.19. The maximum atomic E-state index is 11.3. The summed E-state index contributed by atoms with van der Waals surface area (Å²) in [4.78, 5) is 18.0. The maximum absolute atomic E-state index is 11.3. The molecule has 0 bridgehead atoms. The second-order valence-corrected chi connectivity index (χ2v) is 3.81. The number of hydrogen-bond donors (Lipinski definition) is 1. The van der Waals surface area contributed by atoms with Crippen molar-refractivity contribution in [1.82, 2.24) is 9.97 Å². The molecule has 0 saturated heterocycles. The van der Waals surface area contributed by atoms with E-state index >= 15 is 0 Å². The van der Waals surface area contributed by atoms with Crippen LogP contribution in [0.4, 0.5) is 0 Å². The predicted molar refractivity (Wildman–Crippen MR) is 57.2 cm³/mol. The highest BCUT2D eigenvalue weighted by molar-refractivity contribution is 9.10. The fraction of sp³-hybridized carbons (Fsp3) is 0.556. The van der Waals surface area contributed by atoms with Crippen molar-refractivity contribution >= 4 is 15.9 Å². The van der Waals surface area contributed by atoms with Crippen LogP contribution in [0.5, 0.6) is 0 Å². The largest absolute Gasteiger partial charge is 0.374 e. The molecule has 5 heteroatoms. The maximum Gasteiger partial charge on any atom is 0.265 e. The van der Waals surface area contributed by atoms with Gasteiger partial charge in [0, 0.05) is 13.3 Å². The van der Waals surface area contributed by atoms with Crippen molar-refractivity contribution in [2.24, 2.45) is 0 Å². The molecule has 0 fully saturated rings. The molecular weight excluding hydrogens is 248 g/mol. The summed E-state index contributed by atoms with van der Waals surface area (Å²) in [6, 6.07) is 0. The van der Waals surface area contributed by atoms with Gasteiger partial charge in [-0.25, -0.2) is 4.98 Å². The molecular formula is C9H13BrN2O2. The van der Waals surface area contributed by atoms with Crippen molar-refractivity contribution < 1.29 is 4.74 Å². The number of aromatic amines is 1. The summed E-state index contributed by atoms with van der Waals surface area (Å²) in [5, 5.41) is 0. The van der Waals surface area contributed by atoms with Crippen LogP contribution in [0.25, 0.3) is 0 Å². The summed E-state index contributed by atoms with van der Waals surface area (Å²) in [7, 11) is 1.61. The molecule has 1 unspecified atom stereocenters. The zero-order valence-electron chi connectivity index (χ0n) is 8.21. The van der Waals surface area contributed by atoms with Crippen molar-refractivity contribution in [2.75, 3.05) is 7.11 Å². The first-order valence-electron chi connectivity index (χ1n) is 4.46. The second kappa shape index (κ2) is 5.26. The molecule has 1 aromatic rings. The van der Waals surface area contributed by atoms with Crippen LogP contribution in [0, 0.1) is 0 Å². The Morgan fingerprint density at radius 3 is 2.93 bits per heavy atom. The molecule has 78 valence electrons. The van der Waals surface area contributed by atoms with Crippen LogP contribution in [0.1, 0.15) is 31.7 Å². The number of rotatable bonds is 4. The van der Waals surface area contributed by atoms with Gasteiger partial charge in [0.1, 0.15) is 16.4 Å². The Hall–Kier alpha value is -0.680. The summed E-state index contributed by atoms with van der Waals surface area (Å²) in [6.45, 7) is 2.06. The molecule has 0 spiro atoms. The first-order valence-corrected chi connectivity index (χ1v) is 5.25. The summed E-state index contributed by atoms with van der Waals surface area (Å²) in [5.41, 5.74) is -0.173. The van der Waals surface area contributed by atoms with Gasteiger partial charge in [-0.3, -0.25) is 4.79 Å². The Kier molecular flexibility index (Phi) is 4.28. The van der Waals surface area contributed by atoms with Gasteiger partial charge in [-0.05, 0) is 22.4 Å². The molecule has 1 aromatic heterocycles. The first kappa shape index (κ1) is 11.4. The van der Waals surface area contributed by atoms with Crippen LogP contribution in [-0.2, 0) is 4.74 Å². The Labute approximate surface area is 90.8 Å². The number of hydrogen-bond acceptors (Lipinski definition) is 3. The van der Waals surface area contributed by atoms with Gasteiger partial charge in [-0.1, -0.05) is 13.3 Å². The van der Waals surface area contributed by atoms with Crippen molar-refractivity contribution in [1.29, 1.82) is 0 Å². The quantitative estimate of drug-likeness (QED) is 0.902. The van der Waals surface area contributed by atoms with Crippen LogP contribution >= 0.6 is 15.9 Å². The standard InChI is InChI=1S/C9H13BrN2O2/c1-3-4-7(14-2)8-11-5-6(10)9(13)12-8/h5,7H,3-4H2,1-2H3,(H,11,12,13). The number of nitrogens with one attached hydrogen (secondary N) is 1. The molecule has 0 saturated carbocycles. The Morgan fingerprint density at radius 2 is 2.43 bits per heavy atom. The third kappa shape index (κ3) is 2.65. The van der Waals surface area contributed by atoms with Gasteiger partial charge in [0.25, 0.3) is 5.56 Å². The summed E-state index contributed by atoms with van der Waals surface area (Å²) < 4.78 is 5.66. The highest BCUT2D eigenvalue weighted by Crippen LogP contribution is 2.17. The van der Waals surface area contributed by atoms with Gasteiger partial charge in [-0.2, -0.15) is 0 Å². The van der Waals surface area contributed by atoms with Crippen molar-refractivity contribution in [3.05, 3.63) is 26.8 Å². The van der Waals surface area contributed by atoms with E-state index in [-0.39, 0.29) is 11.7 Å². The number of methoxy groups -OCH3 is 1. The van der Waals surface area contributed by atoms with E-state index in [0.717, 1.165) is 12.8 Å². The number of halogens is 1. The van der Waals surface area contributed by atoms with E-state index in [4.69, 9.17) is 4.74 Å². The van der Waals surface area contributed by atoms with E-state index in [0.29, 0.717) is 10.3 Å². The van der Waals surface area contributed by atoms with Crippen LogP contribution in [0.2, 0.25) is 0 Å². The summed E-state index contributed by atoms with van der Waals surface area (Å²) >= 11 is 3.09. The lowest BCUT2D eigenvalue weighted by molar-refractivity contribution is 0.0873. The lowest BCUT2D eigenvalue weighted by Gasteiger charge is -2.12. The Bertz CT molecular complexity index is 351. The number of aromatic nitrogens is 2. The minimum Gasteiger partial charge on any atom is -0.374 e. The third-order valence-corrected chi connectivity index (χ3v) is 2.48. The van der Waals surface area contributed by atoms with E-state index in [2.05, 4.69) is 32.8 Å². The van der Waals surface area contributed by atoms with Gasteiger partial charge >= 0.3 is 0 Å². The molecule has 4 nitrogen and oxygen atoms in total. The zero-order chi connectivity index (χ0) is 10.6. The molecule has 0 aliphatic carbocycles. The van der Waals surface area contributed by atoms with Gasteiger partial charge < -0.3 is 9.72 Å². The molecule has 0 aromatic carbocycles. The normalized spacial score (nSPS) is 12.8. The molecule has 14 heavy (non-hydrogen) atoms. The summed E-state index contributed by atoms with van der Waals surface area (Å²) in [5.74, 6) is 0.586. The SMILES string of the molecule is CCCC(OC)c1ncc(Br)c(=O)[nH]1. The smallest absolute Gasteiger partial charge is 0.265 e. The molecule has 1 rings (SSSR count). The Balaban J connectivity index is 2.93. The van der Waals surface area contributed by atoms with E-state index < -0.39 is 0 Å². The zero-order valence-corrected chi connectivity index (χ0v) is 9.80. The summed E-state index contributed by atoms with van der Waals surface area (Å²) in [6.07, 6.45) is 3.20. The fourth-order valence-electron chi connectivity index (χ4n) is 1.19.